The molecule has 3 heterocycles. The lowest BCUT2D eigenvalue weighted by atomic mass is 9.85. The van der Waals surface area contributed by atoms with Crippen molar-refractivity contribution in [1.29, 1.82) is 0 Å². The summed E-state index contributed by atoms with van der Waals surface area (Å²) >= 11 is 5.90. The van der Waals surface area contributed by atoms with Crippen LogP contribution in [0.5, 0.6) is 0 Å². The maximum atomic E-state index is 12.8. The highest BCUT2D eigenvalue weighted by molar-refractivity contribution is 6.30. The van der Waals surface area contributed by atoms with Gasteiger partial charge in [-0.15, -0.1) is 5.10 Å². The van der Waals surface area contributed by atoms with Gasteiger partial charge in [0.25, 0.3) is 5.91 Å². The first-order valence-corrected chi connectivity index (χ1v) is 9.48. The van der Waals surface area contributed by atoms with Gasteiger partial charge in [0.15, 0.2) is 5.69 Å². The van der Waals surface area contributed by atoms with Crippen LogP contribution in [-0.4, -0.2) is 49.0 Å². The van der Waals surface area contributed by atoms with Crippen LogP contribution in [0.25, 0.3) is 0 Å². The molecule has 1 aromatic carbocycles. The van der Waals surface area contributed by atoms with E-state index < -0.39 is 5.60 Å². The van der Waals surface area contributed by atoms with Crippen LogP contribution in [0, 0.1) is 0 Å². The first-order valence-electron chi connectivity index (χ1n) is 9.10. The Morgan fingerprint density at radius 2 is 1.93 bits per heavy atom. The van der Waals surface area contributed by atoms with Crippen LogP contribution in [0.1, 0.15) is 34.5 Å². The molecule has 1 N–H and O–H groups in total. The summed E-state index contributed by atoms with van der Waals surface area (Å²) in [7, 11) is 0. The molecule has 1 saturated heterocycles. The minimum absolute atomic E-state index is 0.171. The number of amides is 1. The molecule has 1 fully saturated rings. The van der Waals surface area contributed by atoms with Crippen molar-refractivity contribution in [3.05, 3.63) is 76.8 Å². The number of hydrogen-bond donors (Lipinski definition) is 1. The van der Waals surface area contributed by atoms with Crippen molar-refractivity contribution in [2.75, 3.05) is 13.1 Å². The number of aromatic nitrogens is 4. The SMILES string of the molecule is O=C(c1cn(Cc2ccc(Cl)cc2)nn1)N1CCC(O)(c2cccnc2)CC1. The second-order valence-electron chi connectivity index (χ2n) is 6.99. The molecule has 4 rings (SSSR count). The minimum atomic E-state index is -0.947. The van der Waals surface area contributed by atoms with Gasteiger partial charge in [0.2, 0.25) is 0 Å². The topological polar surface area (TPSA) is 84.1 Å². The third kappa shape index (κ3) is 3.90. The Morgan fingerprint density at radius 3 is 2.61 bits per heavy atom. The first kappa shape index (κ1) is 18.6. The lowest BCUT2D eigenvalue weighted by Crippen LogP contribution is -2.45. The number of pyridine rings is 1. The summed E-state index contributed by atoms with van der Waals surface area (Å²) in [6.07, 6.45) is 5.93. The summed E-state index contributed by atoms with van der Waals surface area (Å²) in [6.45, 7) is 1.42. The van der Waals surface area contributed by atoms with E-state index in [0.29, 0.717) is 43.2 Å². The normalized spacial score (nSPS) is 16.1. The zero-order valence-corrected chi connectivity index (χ0v) is 16.0. The maximum Gasteiger partial charge on any atom is 0.276 e. The second kappa shape index (κ2) is 7.69. The average Bonchev–Trinajstić information content (AvgIpc) is 3.19. The van der Waals surface area contributed by atoms with Gasteiger partial charge in [-0.2, -0.15) is 0 Å². The number of carbonyl (C=O) groups is 1. The zero-order chi connectivity index (χ0) is 19.6. The van der Waals surface area contributed by atoms with E-state index >= 15 is 0 Å². The van der Waals surface area contributed by atoms with E-state index in [4.69, 9.17) is 11.6 Å². The molecule has 0 aliphatic carbocycles. The summed E-state index contributed by atoms with van der Waals surface area (Å²) in [5.74, 6) is -0.171. The highest BCUT2D eigenvalue weighted by Gasteiger charge is 2.36. The predicted molar refractivity (Wildman–Crippen MR) is 104 cm³/mol. The van der Waals surface area contributed by atoms with Gasteiger partial charge in [0.05, 0.1) is 18.3 Å². The molecule has 28 heavy (non-hydrogen) atoms. The fourth-order valence-corrected chi connectivity index (χ4v) is 3.54. The number of rotatable bonds is 4. The van der Waals surface area contributed by atoms with Gasteiger partial charge in [0, 0.05) is 36.1 Å². The number of piperidine rings is 1. The van der Waals surface area contributed by atoms with Gasteiger partial charge >= 0.3 is 0 Å². The van der Waals surface area contributed by atoms with Crippen molar-refractivity contribution in [2.24, 2.45) is 0 Å². The lowest BCUT2D eigenvalue weighted by molar-refractivity contribution is -0.0215. The van der Waals surface area contributed by atoms with Crippen LogP contribution in [-0.2, 0) is 12.1 Å². The van der Waals surface area contributed by atoms with Crippen molar-refractivity contribution in [3.8, 4) is 0 Å². The zero-order valence-electron chi connectivity index (χ0n) is 15.2. The van der Waals surface area contributed by atoms with Crippen LogP contribution in [0.2, 0.25) is 5.02 Å². The minimum Gasteiger partial charge on any atom is -0.385 e. The summed E-state index contributed by atoms with van der Waals surface area (Å²) < 4.78 is 1.63. The van der Waals surface area contributed by atoms with E-state index in [-0.39, 0.29) is 5.91 Å². The molecule has 1 amide bonds. The average molecular weight is 398 g/mol. The molecule has 0 spiro atoms. The van der Waals surface area contributed by atoms with Gasteiger partial charge in [-0.25, -0.2) is 4.68 Å². The molecule has 144 valence electrons. The molecule has 8 heteroatoms. The molecule has 0 saturated carbocycles. The monoisotopic (exact) mass is 397 g/mol. The number of halogens is 1. The summed E-state index contributed by atoms with van der Waals surface area (Å²) in [5, 5.41) is 19.6. The highest BCUT2D eigenvalue weighted by atomic mass is 35.5. The quantitative estimate of drug-likeness (QED) is 0.731. The standard InChI is InChI=1S/C20H20ClN5O2/c21-17-5-3-15(4-6-17)13-26-14-18(23-24-26)19(27)25-10-7-20(28,8-11-25)16-2-1-9-22-12-16/h1-6,9,12,14,28H,7-8,10-11,13H2. The van der Waals surface area contributed by atoms with Crippen LogP contribution in [0.15, 0.2) is 55.0 Å². The molecule has 2 aromatic heterocycles. The van der Waals surface area contributed by atoms with Crippen molar-refractivity contribution in [3.63, 3.8) is 0 Å². The Balaban J connectivity index is 1.39. The predicted octanol–water partition coefficient (Wildman–Crippen LogP) is 2.50. The number of nitrogens with zero attached hydrogens (tertiary/aromatic N) is 5. The van der Waals surface area contributed by atoms with Crippen molar-refractivity contribution < 1.29 is 9.90 Å². The van der Waals surface area contributed by atoms with Crippen molar-refractivity contribution in [1.82, 2.24) is 24.9 Å². The van der Waals surface area contributed by atoms with E-state index in [1.54, 1.807) is 28.2 Å². The Bertz CT molecular complexity index is 950. The molecule has 0 atom stereocenters. The van der Waals surface area contributed by atoms with E-state index in [2.05, 4.69) is 15.3 Å². The molecule has 0 bridgehead atoms. The second-order valence-corrected chi connectivity index (χ2v) is 7.43. The fraction of sp³-hybridized carbons (Fsp3) is 0.300. The van der Waals surface area contributed by atoms with Crippen molar-refractivity contribution >= 4 is 17.5 Å². The number of benzene rings is 1. The third-order valence-corrected chi connectivity index (χ3v) is 5.34. The molecule has 7 nitrogen and oxygen atoms in total. The Kier molecular flexibility index (Phi) is 5.11. The third-order valence-electron chi connectivity index (χ3n) is 5.09. The molecular formula is C20H20ClN5O2. The van der Waals surface area contributed by atoms with Crippen LogP contribution in [0.3, 0.4) is 0 Å². The molecular weight excluding hydrogens is 378 g/mol. The Labute approximate surface area is 167 Å². The van der Waals surface area contributed by atoms with Gasteiger partial charge in [-0.1, -0.05) is 35.0 Å². The van der Waals surface area contributed by atoms with Gasteiger partial charge < -0.3 is 10.0 Å². The van der Waals surface area contributed by atoms with E-state index in [1.165, 1.54) is 0 Å². The number of aliphatic hydroxyl groups is 1. The number of likely N-dealkylation sites (tertiary alicyclic amines) is 1. The maximum absolute atomic E-state index is 12.8. The highest BCUT2D eigenvalue weighted by Crippen LogP contribution is 2.32. The first-order chi connectivity index (χ1) is 13.5. The smallest absolute Gasteiger partial charge is 0.276 e. The van der Waals surface area contributed by atoms with Gasteiger partial charge in [-0.05, 0) is 36.6 Å². The lowest BCUT2D eigenvalue weighted by Gasteiger charge is -2.38. The Morgan fingerprint density at radius 1 is 1.18 bits per heavy atom. The molecule has 3 aromatic rings. The molecule has 1 aliphatic rings. The van der Waals surface area contributed by atoms with E-state index in [1.807, 2.05) is 36.4 Å². The largest absolute Gasteiger partial charge is 0.385 e. The number of hydrogen-bond acceptors (Lipinski definition) is 5. The van der Waals surface area contributed by atoms with Crippen LogP contribution >= 0.6 is 11.6 Å². The molecule has 0 unspecified atom stereocenters. The summed E-state index contributed by atoms with van der Waals surface area (Å²) in [4.78, 5) is 18.5. The number of carbonyl (C=O) groups excluding carboxylic acids is 1. The van der Waals surface area contributed by atoms with Crippen LogP contribution < -0.4 is 0 Å². The van der Waals surface area contributed by atoms with Crippen LogP contribution in [0.4, 0.5) is 0 Å². The molecule has 0 radical (unpaired) electrons. The van der Waals surface area contributed by atoms with Crippen molar-refractivity contribution in [2.45, 2.75) is 25.0 Å². The van der Waals surface area contributed by atoms with Gasteiger partial charge in [-0.3, -0.25) is 9.78 Å². The van der Waals surface area contributed by atoms with Gasteiger partial charge in [0.1, 0.15) is 0 Å². The van der Waals surface area contributed by atoms with E-state index in [0.717, 1.165) is 11.1 Å². The fourth-order valence-electron chi connectivity index (χ4n) is 3.42. The Hall–Kier alpha value is -2.77. The van der Waals surface area contributed by atoms with E-state index in [9.17, 15) is 9.90 Å². The molecule has 1 aliphatic heterocycles. The summed E-state index contributed by atoms with van der Waals surface area (Å²) in [6, 6.07) is 11.1. The summed E-state index contributed by atoms with van der Waals surface area (Å²) in [5.41, 5.74) is 1.17.